The molecule has 0 amide bonds. The Morgan fingerprint density at radius 1 is 1.33 bits per heavy atom. The van der Waals surface area contributed by atoms with Gasteiger partial charge in [-0.25, -0.2) is 9.78 Å². The monoisotopic (exact) mass is 349 g/mol. The smallest absolute Gasteiger partial charge is 0.335 e. The molecule has 0 unspecified atom stereocenters. The van der Waals surface area contributed by atoms with E-state index in [1.807, 2.05) is 11.5 Å². The van der Waals surface area contributed by atoms with E-state index in [0.29, 0.717) is 18.0 Å². The molecule has 0 atom stereocenters. The third-order valence-corrected chi connectivity index (χ3v) is 5.22. The first-order valence-corrected chi connectivity index (χ1v) is 9.29. The van der Waals surface area contributed by atoms with Crippen LogP contribution in [0.2, 0.25) is 0 Å². The molecular weight excluding hydrogens is 330 g/mol. The molecule has 1 saturated carbocycles. The predicted octanol–water partition coefficient (Wildman–Crippen LogP) is 2.35. The van der Waals surface area contributed by atoms with Crippen LogP contribution in [0.3, 0.4) is 0 Å². The third-order valence-electron chi connectivity index (χ3n) is 3.96. The molecule has 7 nitrogen and oxygen atoms in total. The summed E-state index contributed by atoms with van der Waals surface area (Å²) in [6.07, 6.45) is 4.59. The summed E-state index contributed by atoms with van der Waals surface area (Å²) in [7, 11) is -3.80. The molecular formula is C16H19N3O4S. The van der Waals surface area contributed by atoms with Crippen LogP contribution in [0.25, 0.3) is 0 Å². The number of hydrogen-bond acceptors (Lipinski definition) is 4. The number of rotatable bonds is 7. The van der Waals surface area contributed by atoms with Gasteiger partial charge >= 0.3 is 5.97 Å². The van der Waals surface area contributed by atoms with Crippen molar-refractivity contribution in [2.45, 2.75) is 37.8 Å². The van der Waals surface area contributed by atoms with E-state index in [1.165, 1.54) is 37.1 Å². The molecule has 0 saturated heterocycles. The summed E-state index contributed by atoms with van der Waals surface area (Å²) in [6, 6.07) is 5.54. The highest BCUT2D eigenvalue weighted by atomic mass is 32.2. The van der Waals surface area contributed by atoms with Crippen LogP contribution in [-0.2, 0) is 23.0 Å². The Morgan fingerprint density at radius 2 is 2.00 bits per heavy atom. The van der Waals surface area contributed by atoms with Crippen molar-refractivity contribution in [1.29, 1.82) is 0 Å². The molecule has 3 rings (SSSR count). The number of aryl methyl sites for hydroxylation is 1. The SMILES string of the molecule is CCc1nc(S(=O)(=O)Nc2ccc(C(=O)O)cc2)cn1CC1CC1. The van der Waals surface area contributed by atoms with Crippen LogP contribution in [0.5, 0.6) is 0 Å². The van der Waals surface area contributed by atoms with Gasteiger partial charge in [0.15, 0.2) is 5.03 Å². The number of sulfonamides is 1. The minimum Gasteiger partial charge on any atom is -0.478 e. The number of imidazole rings is 1. The van der Waals surface area contributed by atoms with Crippen LogP contribution < -0.4 is 4.72 Å². The lowest BCUT2D eigenvalue weighted by atomic mass is 10.2. The van der Waals surface area contributed by atoms with Crippen molar-refractivity contribution in [3.63, 3.8) is 0 Å². The van der Waals surface area contributed by atoms with E-state index in [2.05, 4.69) is 9.71 Å². The van der Waals surface area contributed by atoms with E-state index >= 15 is 0 Å². The topological polar surface area (TPSA) is 101 Å². The Morgan fingerprint density at radius 3 is 2.54 bits per heavy atom. The highest BCUT2D eigenvalue weighted by Crippen LogP contribution is 2.31. The molecule has 1 aliphatic rings. The third kappa shape index (κ3) is 3.59. The molecule has 1 aromatic heterocycles. The molecule has 1 aromatic carbocycles. The summed E-state index contributed by atoms with van der Waals surface area (Å²) in [5.74, 6) is 0.316. The van der Waals surface area contributed by atoms with Crippen molar-refractivity contribution in [3.8, 4) is 0 Å². The first kappa shape index (κ1) is 16.5. The largest absolute Gasteiger partial charge is 0.478 e. The minimum atomic E-state index is -3.80. The van der Waals surface area contributed by atoms with Crippen molar-refractivity contribution < 1.29 is 18.3 Å². The maximum absolute atomic E-state index is 12.5. The number of aromatic nitrogens is 2. The van der Waals surface area contributed by atoms with Gasteiger partial charge in [0.05, 0.1) is 5.56 Å². The zero-order chi connectivity index (χ0) is 17.3. The van der Waals surface area contributed by atoms with Gasteiger partial charge in [-0.05, 0) is 43.0 Å². The Balaban J connectivity index is 1.81. The highest BCUT2D eigenvalue weighted by molar-refractivity contribution is 7.92. The summed E-state index contributed by atoms with van der Waals surface area (Å²) in [5.41, 5.74) is 0.398. The lowest BCUT2D eigenvalue weighted by molar-refractivity contribution is 0.0697. The second-order valence-corrected chi connectivity index (χ2v) is 7.56. The fourth-order valence-corrected chi connectivity index (χ4v) is 3.51. The van der Waals surface area contributed by atoms with Crippen LogP contribution in [0.15, 0.2) is 35.5 Å². The van der Waals surface area contributed by atoms with Gasteiger partial charge in [0.1, 0.15) is 5.82 Å². The molecule has 8 heteroatoms. The van der Waals surface area contributed by atoms with Crippen molar-refractivity contribution in [2.75, 3.05) is 4.72 Å². The summed E-state index contributed by atoms with van der Waals surface area (Å²) < 4.78 is 29.4. The summed E-state index contributed by atoms with van der Waals surface area (Å²) in [4.78, 5) is 15.1. The molecule has 0 bridgehead atoms. The highest BCUT2D eigenvalue weighted by Gasteiger charge is 2.25. The average Bonchev–Trinajstić information content (AvgIpc) is 3.24. The number of benzene rings is 1. The first-order valence-electron chi connectivity index (χ1n) is 7.81. The van der Waals surface area contributed by atoms with Crippen molar-refractivity contribution in [2.24, 2.45) is 5.92 Å². The molecule has 0 spiro atoms. The number of carboxylic acid groups (broad SMARTS) is 1. The molecule has 1 fully saturated rings. The van der Waals surface area contributed by atoms with Crippen LogP contribution in [0.4, 0.5) is 5.69 Å². The van der Waals surface area contributed by atoms with Gasteiger partial charge in [-0.1, -0.05) is 6.92 Å². The van der Waals surface area contributed by atoms with E-state index < -0.39 is 16.0 Å². The lowest BCUT2D eigenvalue weighted by Crippen LogP contribution is -2.13. The van der Waals surface area contributed by atoms with Crippen LogP contribution in [-0.4, -0.2) is 29.0 Å². The Kier molecular flexibility index (Phi) is 4.31. The minimum absolute atomic E-state index is 0.0117. The molecule has 2 aromatic rings. The Bertz CT molecular complexity index is 852. The zero-order valence-corrected chi connectivity index (χ0v) is 14.1. The van der Waals surface area contributed by atoms with Gasteiger partial charge < -0.3 is 9.67 Å². The molecule has 1 aliphatic carbocycles. The molecule has 1 heterocycles. The van der Waals surface area contributed by atoms with Gasteiger partial charge in [0, 0.05) is 24.8 Å². The normalized spacial score (nSPS) is 14.5. The van der Waals surface area contributed by atoms with E-state index in [4.69, 9.17) is 5.11 Å². The van der Waals surface area contributed by atoms with Gasteiger partial charge in [0.25, 0.3) is 10.0 Å². The zero-order valence-electron chi connectivity index (χ0n) is 13.3. The molecule has 0 aliphatic heterocycles. The van der Waals surface area contributed by atoms with Crippen LogP contribution in [0.1, 0.15) is 35.9 Å². The number of aromatic carboxylic acids is 1. The van der Waals surface area contributed by atoms with Crippen LogP contribution in [0, 0.1) is 5.92 Å². The predicted molar refractivity (Wildman–Crippen MR) is 88.5 cm³/mol. The van der Waals surface area contributed by atoms with E-state index in [-0.39, 0.29) is 10.6 Å². The number of carboxylic acids is 1. The second-order valence-electron chi connectivity index (χ2n) is 5.93. The molecule has 24 heavy (non-hydrogen) atoms. The maximum Gasteiger partial charge on any atom is 0.335 e. The Labute approximate surface area is 140 Å². The maximum atomic E-state index is 12.5. The summed E-state index contributed by atoms with van der Waals surface area (Å²) in [5, 5.41) is 8.86. The number of carbonyl (C=O) groups is 1. The van der Waals surface area contributed by atoms with Crippen molar-refractivity contribution in [3.05, 3.63) is 41.9 Å². The fourth-order valence-electron chi connectivity index (χ4n) is 2.46. The van der Waals surface area contributed by atoms with Gasteiger partial charge in [-0.15, -0.1) is 0 Å². The van der Waals surface area contributed by atoms with Crippen molar-refractivity contribution >= 4 is 21.7 Å². The van der Waals surface area contributed by atoms with Gasteiger partial charge in [0.2, 0.25) is 0 Å². The standard InChI is InChI=1S/C16H19N3O4S/c1-2-14-17-15(10-19(14)9-11-3-4-11)24(22,23)18-13-7-5-12(6-8-13)16(20)21/h5-8,10-11,18H,2-4,9H2,1H3,(H,20,21). The summed E-state index contributed by atoms with van der Waals surface area (Å²) in [6.45, 7) is 2.75. The number of nitrogens with one attached hydrogen (secondary N) is 1. The summed E-state index contributed by atoms with van der Waals surface area (Å²) >= 11 is 0. The van der Waals surface area contributed by atoms with Gasteiger partial charge in [-0.2, -0.15) is 8.42 Å². The average molecular weight is 349 g/mol. The fraction of sp³-hybridized carbons (Fsp3) is 0.375. The van der Waals surface area contributed by atoms with E-state index in [9.17, 15) is 13.2 Å². The molecule has 128 valence electrons. The first-order chi connectivity index (χ1) is 11.4. The van der Waals surface area contributed by atoms with E-state index in [0.717, 1.165) is 12.4 Å². The lowest BCUT2D eigenvalue weighted by Gasteiger charge is -2.06. The van der Waals surface area contributed by atoms with Gasteiger partial charge in [-0.3, -0.25) is 4.72 Å². The number of nitrogens with zero attached hydrogens (tertiary/aromatic N) is 2. The van der Waals surface area contributed by atoms with Crippen molar-refractivity contribution in [1.82, 2.24) is 9.55 Å². The molecule has 0 radical (unpaired) electrons. The second kappa shape index (κ2) is 6.27. The number of hydrogen-bond donors (Lipinski definition) is 2. The van der Waals surface area contributed by atoms with Crippen LogP contribution >= 0.6 is 0 Å². The number of anilines is 1. The Hall–Kier alpha value is -2.35. The molecule has 2 N–H and O–H groups in total. The quantitative estimate of drug-likeness (QED) is 0.799. The van der Waals surface area contributed by atoms with E-state index in [1.54, 1.807) is 6.20 Å².